The molecule has 5 atom stereocenters. The molecule has 0 saturated carbocycles. The molecule has 0 aromatic heterocycles. The average Bonchev–Trinajstić information content (AvgIpc) is 3.56. The van der Waals surface area contributed by atoms with Crippen molar-refractivity contribution in [2.24, 2.45) is 0 Å². The van der Waals surface area contributed by atoms with E-state index in [0.717, 1.165) is 54.8 Å². The second kappa shape index (κ2) is 22.8. The van der Waals surface area contributed by atoms with Crippen molar-refractivity contribution in [1.29, 1.82) is 0 Å². The number of benzene rings is 3. The first-order chi connectivity index (χ1) is 31.7. The Kier molecular flexibility index (Phi) is 17.3. The topological polar surface area (TPSA) is 247 Å². The Labute approximate surface area is 386 Å². The molecule has 0 spiro atoms. The number of nitrogens with zero attached hydrogens (tertiary/aromatic N) is 1. The number of amides is 3. The number of hydrogen-bond acceptors (Lipinski definition) is 17. The third-order valence-corrected chi connectivity index (χ3v) is 9.93. The number of fused-ring (bicyclic) bond motifs is 3. The zero-order chi connectivity index (χ0) is 49.0. The van der Waals surface area contributed by atoms with Crippen LogP contribution in [-0.4, -0.2) is 122 Å². The summed E-state index contributed by atoms with van der Waals surface area (Å²) in [5.74, 6) is -4.86. The van der Waals surface area contributed by atoms with Crippen LogP contribution in [0.5, 0.6) is 5.75 Å². The summed E-state index contributed by atoms with van der Waals surface area (Å²) >= 11 is 0. The molecule has 0 radical (unpaired) electrons. The molecule has 1 aliphatic carbocycles. The van der Waals surface area contributed by atoms with E-state index in [4.69, 9.17) is 42.6 Å². The van der Waals surface area contributed by atoms with Crippen LogP contribution >= 0.6 is 0 Å². The van der Waals surface area contributed by atoms with E-state index in [2.05, 4.69) is 10.6 Å². The molecule has 0 bridgehead atoms. The molecular formula is C47H55N3O17. The van der Waals surface area contributed by atoms with Crippen molar-refractivity contribution in [2.45, 2.75) is 104 Å². The van der Waals surface area contributed by atoms with Crippen LogP contribution in [0.15, 0.2) is 66.7 Å². The largest absolute Gasteiger partial charge is 0.463 e. The van der Waals surface area contributed by atoms with Crippen molar-refractivity contribution in [3.63, 3.8) is 0 Å². The maximum Gasteiger partial charge on any atom is 0.410 e. The van der Waals surface area contributed by atoms with Crippen LogP contribution in [0.25, 0.3) is 11.1 Å². The fraction of sp³-hybridized carbons (Fsp3) is 0.447. The maximum atomic E-state index is 13.5. The first kappa shape index (κ1) is 50.8. The molecule has 20 heteroatoms. The quantitative estimate of drug-likeness (QED) is 0.135. The monoisotopic (exact) mass is 933 g/mol. The van der Waals surface area contributed by atoms with E-state index >= 15 is 0 Å². The average molecular weight is 934 g/mol. The first-order valence-electron chi connectivity index (χ1n) is 21.3. The third kappa shape index (κ3) is 14.6. The Morgan fingerprint density at radius 2 is 1.30 bits per heavy atom. The van der Waals surface area contributed by atoms with Crippen molar-refractivity contribution in [2.75, 3.05) is 38.7 Å². The molecule has 0 unspecified atom stereocenters. The number of likely N-dealkylation sites (N-methyl/N-ethyl adjacent to an activating group) is 1. The van der Waals surface area contributed by atoms with Crippen LogP contribution < -0.4 is 15.4 Å². The molecular weight excluding hydrogens is 879 g/mol. The van der Waals surface area contributed by atoms with Gasteiger partial charge in [0.25, 0.3) is 0 Å². The van der Waals surface area contributed by atoms with Gasteiger partial charge in [-0.1, -0.05) is 54.6 Å². The van der Waals surface area contributed by atoms with E-state index < -0.39 is 97.4 Å². The van der Waals surface area contributed by atoms with E-state index in [1.54, 1.807) is 20.8 Å². The lowest BCUT2D eigenvalue weighted by Gasteiger charge is -2.44. The normalized spacial score (nSPS) is 18.4. The first-order valence-corrected chi connectivity index (χ1v) is 21.3. The lowest BCUT2D eigenvalue weighted by molar-refractivity contribution is -0.288. The van der Waals surface area contributed by atoms with Gasteiger partial charge in [-0.2, -0.15) is 0 Å². The number of carbonyl (C=O) groups excluding carboxylic acids is 8. The molecule has 1 saturated heterocycles. The predicted molar refractivity (Wildman–Crippen MR) is 234 cm³/mol. The molecule has 2 N–H and O–H groups in total. The fourth-order valence-electron chi connectivity index (χ4n) is 7.30. The zero-order valence-electron chi connectivity index (χ0n) is 38.4. The highest BCUT2D eigenvalue weighted by atomic mass is 16.7. The second-order valence-corrected chi connectivity index (χ2v) is 16.6. The van der Waals surface area contributed by atoms with E-state index in [1.165, 1.54) is 25.2 Å². The molecule has 2 aliphatic rings. The van der Waals surface area contributed by atoms with Crippen LogP contribution in [0.3, 0.4) is 0 Å². The summed E-state index contributed by atoms with van der Waals surface area (Å²) in [4.78, 5) is 102. The summed E-state index contributed by atoms with van der Waals surface area (Å²) in [5, 5.41) is 5.29. The molecule has 20 nitrogen and oxygen atoms in total. The number of rotatable bonds is 17. The molecule has 67 heavy (non-hydrogen) atoms. The predicted octanol–water partition coefficient (Wildman–Crippen LogP) is 4.93. The van der Waals surface area contributed by atoms with Crippen molar-refractivity contribution in [1.82, 2.24) is 10.2 Å². The highest BCUT2D eigenvalue weighted by Crippen LogP contribution is 2.44. The third-order valence-electron chi connectivity index (χ3n) is 9.93. The number of alkyl carbamates (subject to hydrolysis) is 1. The van der Waals surface area contributed by atoms with E-state index in [-0.39, 0.29) is 43.5 Å². The van der Waals surface area contributed by atoms with Crippen molar-refractivity contribution in [3.05, 3.63) is 83.4 Å². The highest BCUT2D eigenvalue weighted by molar-refractivity contribution is 5.92. The smallest absolute Gasteiger partial charge is 0.410 e. The van der Waals surface area contributed by atoms with Crippen LogP contribution in [0, 0.1) is 0 Å². The molecule has 3 amide bonds. The van der Waals surface area contributed by atoms with Crippen LogP contribution in [0.4, 0.5) is 15.3 Å². The van der Waals surface area contributed by atoms with Gasteiger partial charge in [-0.15, -0.1) is 0 Å². The Bertz CT molecular complexity index is 2280. The summed E-state index contributed by atoms with van der Waals surface area (Å²) in [5.41, 5.74) is 3.69. The van der Waals surface area contributed by atoms with Crippen molar-refractivity contribution in [3.8, 4) is 16.9 Å². The summed E-state index contributed by atoms with van der Waals surface area (Å²) in [6.07, 6.45) is -9.51. The minimum atomic E-state index is -1.67. The lowest BCUT2D eigenvalue weighted by atomic mass is 9.98. The molecule has 1 heterocycles. The molecule has 3 aromatic carbocycles. The van der Waals surface area contributed by atoms with Gasteiger partial charge < -0.3 is 58.2 Å². The van der Waals surface area contributed by atoms with Crippen molar-refractivity contribution < 1.29 is 81.0 Å². The molecule has 360 valence electrons. The molecule has 1 aliphatic heterocycles. The molecule has 3 aromatic rings. The Hall–Kier alpha value is -7.22. The SMILES string of the molecule is CC(=O)OC[C@H]1O[C@H](Oc2ccc(COC(=O)N(C)CC(=O)OC(C)(C)C)cc2NC(=O)CCNC(=O)OCC2c3ccccc3-c3ccccc32)[C@@H](OC(C)=O)[C@@H](OC(C)=O)[C@@H]1OC(C)=O. The summed E-state index contributed by atoms with van der Waals surface area (Å²) in [6.45, 7) is 8.02. The number of ether oxygens (including phenoxy) is 9. The van der Waals surface area contributed by atoms with Gasteiger partial charge in [0.1, 0.15) is 43.8 Å². The highest BCUT2D eigenvalue weighted by Gasteiger charge is 2.53. The van der Waals surface area contributed by atoms with E-state index in [1.807, 2.05) is 48.5 Å². The maximum absolute atomic E-state index is 13.5. The fourth-order valence-corrected chi connectivity index (χ4v) is 7.30. The van der Waals surface area contributed by atoms with Gasteiger partial charge in [0.2, 0.25) is 18.3 Å². The van der Waals surface area contributed by atoms with Gasteiger partial charge in [0.05, 0.1) is 5.69 Å². The minimum absolute atomic E-state index is 0.0327. The standard InChI is InChI=1S/C47H55N3O17/c1-26(51)59-25-38-41(62-27(2)52)42(63-28(3)53)43(64-29(4)54)44(66-38)65-37-18-17-30(23-61-46(58)50(8)22-40(56)67-47(5,6)7)21-36(37)49-39(55)19-20-48-45(57)60-24-35-33-15-11-9-13-31(33)32-14-10-12-16-34(32)35/h9-18,21,35,38,41-44H,19-20,22-25H2,1-8H3,(H,48,57)(H,49,55)/t38-,41-,42+,43+,44+/m1/s1. The van der Waals surface area contributed by atoms with E-state index in [9.17, 15) is 38.4 Å². The number of carbonyl (C=O) groups is 8. The zero-order valence-corrected chi connectivity index (χ0v) is 38.4. The number of esters is 5. The van der Waals surface area contributed by atoms with Crippen LogP contribution in [0.2, 0.25) is 0 Å². The Morgan fingerprint density at radius 1 is 0.701 bits per heavy atom. The number of nitrogens with one attached hydrogen (secondary N) is 2. The Morgan fingerprint density at radius 3 is 1.90 bits per heavy atom. The van der Waals surface area contributed by atoms with Gasteiger partial charge in [-0.05, 0) is 60.7 Å². The van der Waals surface area contributed by atoms with Gasteiger partial charge in [-0.3, -0.25) is 28.8 Å². The van der Waals surface area contributed by atoms with Crippen LogP contribution in [0.1, 0.15) is 77.5 Å². The van der Waals surface area contributed by atoms with Crippen molar-refractivity contribution >= 4 is 53.6 Å². The second-order valence-electron chi connectivity index (χ2n) is 16.6. The van der Waals surface area contributed by atoms with Gasteiger partial charge in [0.15, 0.2) is 12.2 Å². The van der Waals surface area contributed by atoms with Gasteiger partial charge in [0, 0.05) is 53.6 Å². The number of hydrogen-bond donors (Lipinski definition) is 2. The summed E-state index contributed by atoms with van der Waals surface area (Å²) in [7, 11) is 1.35. The van der Waals surface area contributed by atoms with Gasteiger partial charge in [-0.25, -0.2) is 9.59 Å². The summed E-state index contributed by atoms with van der Waals surface area (Å²) < 4.78 is 50.3. The minimum Gasteiger partial charge on any atom is -0.463 e. The molecule has 1 fully saturated rings. The van der Waals surface area contributed by atoms with Gasteiger partial charge >= 0.3 is 42.0 Å². The summed E-state index contributed by atoms with van der Waals surface area (Å²) in [6, 6.07) is 20.0. The lowest BCUT2D eigenvalue weighted by Crippen LogP contribution is -2.63. The van der Waals surface area contributed by atoms with E-state index in [0.29, 0.717) is 5.56 Å². The van der Waals surface area contributed by atoms with Crippen LogP contribution in [-0.2, 0) is 73.3 Å². The Balaban J connectivity index is 1.34. The number of anilines is 1. The molecule has 5 rings (SSSR count).